The van der Waals surface area contributed by atoms with Crippen LogP contribution in [0.2, 0.25) is 0 Å². The van der Waals surface area contributed by atoms with Crippen molar-refractivity contribution in [1.29, 1.82) is 0 Å². The van der Waals surface area contributed by atoms with E-state index in [-0.39, 0.29) is 19.0 Å². The van der Waals surface area contributed by atoms with Gasteiger partial charge in [0.1, 0.15) is 0 Å². The highest BCUT2D eigenvalue weighted by atomic mass is 16.2. The molecular formula is C9H19N3O2. The Morgan fingerprint density at radius 3 is 2.36 bits per heavy atom. The van der Waals surface area contributed by atoms with Crippen LogP contribution in [0.4, 0.5) is 0 Å². The second-order valence-electron chi connectivity index (χ2n) is 3.66. The second-order valence-corrected chi connectivity index (χ2v) is 3.66. The van der Waals surface area contributed by atoms with Gasteiger partial charge in [-0.15, -0.1) is 0 Å². The standard InChI is InChI=1S/C9H19N3O2/c1-7(2)5-12(6-8(10)13)9(14)4-11-3/h7,11H,4-6H2,1-3H3,(H2,10,13). The van der Waals surface area contributed by atoms with Gasteiger partial charge < -0.3 is 16.0 Å². The van der Waals surface area contributed by atoms with Gasteiger partial charge in [0.2, 0.25) is 11.8 Å². The van der Waals surface area contributed by atoms with Crippen molar-refractivity contribution >= 4 is 11.8 Å². The molecule has 0 aliphatic rings. The van der Waals surface area contributed by atoms with Crippen LogP contribution in [0.3, 0.4) is 0 Å². The monoisotopic (exact) mass is 201 g/mol. The molecule has 5 nitrogen and oxygen atoms in total. The molecule has 0 heterocycles. The van der Waals surface area contributed by atoms with E-state index >= 15 is 0 Å². The van der Waals surface area contributed by atoms with Crippen molar-refractivity contribution in [2.45, 2.75) is 13.8 Å². The van der Waals surface area contributed by atoms with Gasteiger partial charge in [-0.05, 0) is 13.0 Å². The zero-order valence-corrected chi connectivity index (χ0v) is 9.04. The molecule has 0 radical (unpaired) electrons. The summed E-state index contributed by atoms with van der Waals surface area (Å²) in [6, 6.07) is 0. The van der Waals surface area contributed by atoms with E-state index in [1.165, 1.54) is 4.90 Å². The fourth-order valence-electron chi connectivity index (χ4n) is 1.15. The molecule has 0 saturated carbocycles. The quantitative estimate of drug-likeness (QED) is 0.589. The number of nitrogens with two attached hydrogens (primary N) is 1. The summed E-state index contributed by atoms with van der Waals surface area (Å²) >= 11 is 0. The van der Waals surface area contributed by atoms with Crippen molar-refractivity contribution in [1.82, 2.24) is 10.2 Å². The van der Waals surface area contributed by atoms with E-state index < -0.39 is 5.91 Å². The zero-order valence-electron chi connectivity index (χ0n) is 9.04. The number of hydrogen-bond donors (Lipinski definition) is 2. The number of rotatable bonds is 6. The molecule has 0 aliphatic heterocycles. The first kappa shape index (κ1) is 12.9. The predicted molar refractivity (Wildman–Crippen MR) is 54.5 cm³/mol. The molecule has 0 spiro atoms. The summed E-state index contributed by atoms with van der Waals surface area (Å²) in [5, 5.41) is 2.75. The normalized spacial score (nSPS) is 10.3. The highest BCUT2D eigenvalue weighted by Crippen LogP contribution is 1.98. The average molecular weight is 201 g/mol. The van der Waals surface area contributed by atoms with E-state index in [0.717, 1.165) is 0 Å². The van der Waals surface area contributed by atoms with Crippen molar-refractivity contribution in [2.75, 3.05) is 26.7 Å². The van der Waals surface area contributed by atoms with Gasteiger partial charge in [0.05, 0.1) is 13.1 Å². The van der Waals surface area contributed by atoms with Gasteiger partial charge in [0, 0.05) is 6.54 Å². The van der Waals surface area contributed by atoms with E-state index in [1.807, 2.05) is 13.8 Å². The first-order chi connectivity index (χ1) is 6.47. The molecule has 0 saturated heterocycles. The minimum Gasteiger partial charge on any atom is -0.368 e. The second kappa shape index (κ2) is 6.37. The van der Waals surface area contributed by atoms with E-state index in [4.69, 9.17) is 5.73 Å². The zero-order chi connectivity index (χ0) is 11.1. The van der Waals surface area contributed by atoms with Crippen molar-refractivity contribution < 1.29 is 9.59 Å². The van der Waals surface area contributed by atoms with Crippen LogP contribution in [0.15, 0.2) is 0 Å². The minimum atomic E-state index is -0.477. The van der Waals surface area contributed by atoms with Crippen LogP contribution in [-0.4, -0.2) is 43.4 Å². The first-order valence-corrected chi connectivity index (χ1v) is 4.68. The van der Waals surface area contributed by atoms with Gasteiger partial charge in [0.25, 0.3) is 0 Å². The molecule has 0 aromatic carbocycles. The van der Waals surface area contributed by atoms with E-state index in [0.29, 0.717) is 12.5 Å². The molecule has 0 aromatic heterocycles. The topological polar surface area (TPSA) is 75.4 Å². The first-order valence-electron chi connectivity index (χ1n) is 4.68. The Labute approximate surface area is 84.6 Å². The number of likely N-dealkylation sites (N-methyl/N-ethyl adjacent to an activating group) is 1. The molecule has 14 heavy (non-hydrogen) atoms. The average Bonchev–Trinajstić information content (AvgIpc) is 2.01. The SMILES string of the molecule is CNCC(=O)N(CC(N)=O)CC(C)C. The Balaban J connectivity index is 4.22. The van der Waals surface area contributed by atoms with Gasteiger partial charge >= 0.3 is 0 Å². The third-order valence-corrected chi connectivity index (χ3v) is 1.61. The van der Waals surface area contributed by atoms with Crippen LogP contribution in [0.25, 0.3) is 0 Å². The Kier molecular flexibility index (Phi) is 5.87. The fourth-order valence-corrected chi connectivity index (χ4v) is 1.15. The van der Waals surface area contributed by atoms with Crippen molar-refractivity contribution in [3.8, 4) is 0 Å². The summed E-state index contributed by atoms with van der Waals surface area (Å²) < 4.78 is 0. The van der Waals surface area contributed by atoms with Crippen molar-refractivity contribution in [3.63, 3.8) is 0 Å². The third kappa shape index (κ3) is 5.53. The fraction of sp³-hybridized carbons (Fsp3) is 0.778. The Morgan fingerprint density at radius 1 is 1.43 bits per heavy atom. The molecule has 0 aromatic rings. The molecule has 0 aliphatic carbocycles. The lowest BCUT2D eigenvalue weighted by Crippen LogP contribution is -2.43. The van der Waals surface area contributed by atoms with Gasteiger partial charge in [0.15, 0.2) is 0 Å². The maximum absolute atomic E-state index is 11.5. The molecule has 0 unspecified atom stereocenters. The summed E-state index contributed by atoms with van der Waals surface area (Å²) in [4.78, 5) is 23.7. The molecule has 3 N–H and O–H groups in total. The number of hydrogen-bond acceptors (Lipinski definition) is 3. The molecule has 82 valence electrons. The van der Waals surface area contributed by atoms with Gasteiger partial charge in [-0.25, -0.2) is 0 Å². The highest BCUT2D eigenvalue weighted by Gasteiger charge is 2.15. The Morgan fingerprint density at radius 2 is 2.00 bits per heavy atom. The maximum atomic E-state index is 11.5. The number of primary amides is 1. The molecule has 0 bridgehead atoms. The van der Waals surface area contributed by atoms with Crippen LogP contribution < -0.4 is 11.1 Å². The van der Waals surface area contributed by atoms with Crippen LogP contribution in [-0.2, 0) is 9.59 Å². The summed E-state index contributed by atoms with van der Waals surface area (Å²) in [7, 11) is 1.69. The van der Waals surface area contributed by atoms with Gasteiger partial charge in [-0.3, -0.25) is 9.59 Å². The largest absolute Gasteiger partial charge is 0.368 e. The summed E-state index contributed by atoms with van der Waals surface area (Å²) in [6.45, 7) is 4.77. The summed E-state index contributed by atoms with van der Waals surface area (Å²) in [5.41, 5.74) is 5.05. The van der Waals surface area contributed by atoms with Crippen LogP contribution >= 0.6 is 0 Å². The van der Waals surface area contributed by atoms with E-state index in [2.05, 4.69) is 5.32 Å². The van der Waals surface area contributed by atoms with Crippen LogP contribution in [0, 0.1) is 5.92 Å². The van der Waals surface area contributed by atoms with E-state index in [9.17, 15) is 9.59 Å². The third-order valence-electron chi connectivity index (χ3n) is 1.61. The number of carbonyl (C=O) groups is 2. The number of amides is 2. The molecule has 0 rings (SSSR count). The van der Waals surface area contributed by atoms with Crippen LogP contribution in [0.5, 0.6) is 0 Å². The summed E-state index contributed by atoms with van der Waals surface area (Å²) in [6.07, 6.45) is 0. The highest BCUT2D eigenvalue weighted by molar-refractivity contribution is 5.84. The lowest BCUT2D eigenvalue weighted by atomic mass is 10.2. The lowest BCUT2D eigenvalue weighted by molar-refractivity contribution is -0.134. The van der Waals surface area contributed by atoms with Gasteiger partial charge in [-0.2, -0.15) is 0 Å². The smallest absolute Gasteiger partial charge is 0.237 e. The Bertz CT molecular complexity index is 204. The number of carbonyl (C=O) groups excluding carboxylic acids is 2. The minimum absolute atomic E-state index is 0.00130. The molecular weight excluding hydrogens is 182 g/mol. The maximum Gasteiger partial charge on any atom is 0.237 e. The van der Waals surface area contributed by atoms with E-state index in [1.54, 1.807) is 7.05 Å². The predicted octanol–water partition coefficient (Wildman–Crippen LogP) is -0.824. The van der Waals surface area contributed by atoms with Gasteiger partial charge in [-0.1, -0.05) is 13.8 Å². The van der Waals surface area contributed by atoms with Crippen molar-refractivity contribution in [3.05, 3.63) is 0 Å². The molecule has 0 fully saturated rings. The van der Waals surface area contributed by atoms with Crippen LogP contribution in [0.1, 0.15) is 13.8 Å². The molecule has 5 heteroatoms. The summed E-state index contributed by atoms with van der Waals surface area (Å²) in [5.74, 6) is -0.245. The Hall–Kier alpha value is -1.10. The molecule has 2 amide bonds. The number of nitrogens with one attached hydrogen (secondary N) is 1. The van der Waals surface area contributed by atoms with Crippen molar-refractivity contribution in [2.24, 2.45) is 11.7 Å². The lowest BCUT2D eigenvalue weighted by Gasteiger charge is -2.22. The number of nitrogens with zero attached hydrogens (tertiary/aromatic N) is 1. The molecule has 0 atom stereocenters.